The highest BCUT2D eigenvalue weighted by molar-refractivity contribution is 5.99. The smallest absolute Gasteiger partial charge is 0.247 e. The van der Waals surface area contributed by atoms with Crippen LogP contribution in [0.4, 0.5) is 11.5 Å². The number of allylic oxidation sites excluding steroid dienone is 1. The molecule has 1 heterocycles. The van der Waals surface area contributed by atoms with Gasteiger partial charge in [0.1, 0.15) is 5.82 Å². The zero-order valence-electron chi connectivity index (χ0n) is 14.8. The van der Waals surface area contributed by atoms with Gasteiger partial charge < -0.3 is 16.4 Å². The van der Waals surface area contributed by atoms with Crippen LogP contribution in [0.2, 0.25) is 0 Å². The molecule has 0 aliphatic rings. The Kier molecular flexibility index (Phi) is 5.95. The van der Waals surface area contributed by atoms with Crippen molar-refractivity contribution >= 4 is 17.4 Å². The Labute approximate surface area is 148 Å². The number of amides is 1. The molecule has 2 rings (SSSR count). The van der Waals surface area contributed by atoms with E-state index in [-0.39, 0.29) is 11.9 Å². The molecule has 0 aliphatic heterocycles. The normalized spacial score (nSPS) is 12.4. The van der Waals surface area contributed by atoms with Gasteiger partial charge in [0.25, 0.3) is 0 Å². The van der Waals surface area contributed by atoms with Gasteiger partial charge in [0.05, 0.1) is 5.69 Å². The summed E-state index contributed by atoms with van der Waals surface area (Å²) in [6.45, 7) is 9.36. The summed E-state index contributed by atoms with van der Waals surface area (Å²) in [4.78, 5) is 16.2. The zero-order chi connectivity index (χ0) is 18.4. The van der Waals surface area contributed by atoms with Gasteiger partial charge in [-0.15, -0.1) is 0 Å². The van der Waals surface area contributed by atoms with Crippen LogP contribution in [0.15, 0.2) is 60.8 Å². The first-order chi connectivity index (χ1) is 11.9. The predicted molar refractivity (Wildman–Crippen MR) is 104 cm³/mol. The fourth-order valence-electron chi connectivity index (χ4n) is 2.51. The minimum absolute atomic E-state index is 0.0744. The third kappa shape index (κ3) is 5.49. The Morgan fingerprint density at radius 1 is 1.32 bits per heavy atom. The van der Waals surface area contributed by atoms with Crippen molar-refractivity contribution in [3.05, 3.63) is 66.4 Å². The number of rotatable bonds is 6. The van der Waals surface area contributed by atoms with E-state index >= 15 is 0 Å². The number of nitrogens with one attached hydrogen (secondary N) is 2. The lowest BCUT2D eigenvalue weighted by molar-refractivity contribution is -0.111. The van der Waals surface area contributed by atoms with Crippen LogP contribution in [0.25, 0.3) is 11.3 Å². The van der Waals surface area contributed by atoms with E-state index in [1.54, 1.807) is 0 Å². The minimum atomic E-state index is -0.241. The molecule has 4 N–H and O–H groups in total. The van der Waals surface area contributed by atoms with Gasteiger partial charge in [0, 0.05) is 23.0 Å². The molecule has 2 aromatic rings. The van der Waals surface area contributed by atoms with Gasteiger partial charge in [-0.3, -0.25) is 4.79 Å². The lowest BCUT2D eigenvalue weighted by Crippen LogP contribution is -2.15. The molecule has 5 nitrogen and oxygen atoms in total. The summed E-state index contributed by atoms with van der Waals surface area (Å²) in [6.07, 6.45) is 3.18. The standard InChI is InChI=1S/C20H24N4O/c1-5-20(25)23-17-8-6-7-16(12-17)18-9-13(2)10-19(24-18)22-15(4)11-14(3)21/h5-12,15H,1,21H2,2-4H3,(H,22,24)(H,23,25)/b14-11-. The van der Waals surface area contributed by atoms with E-state index in [0.717, 1.165) is 28.3 Å². The molecule has 1 atom stereocenters. The first-order valence-electron chi connectivity index (χ1n) is 8.10. The van der Waals surface area contributed by atoms with Crippen LogP contribution in [0.1, 0.15) is 19.4 Å². The maximum absolute atomic E-state index is 11.5. The largest absolute Gasteiger partial charge is 0.402 e. The molecule has 0 spiro atoms. The molecule has 1 unspecified atom stereocenters. The molecule has 0 radical (unpaired) electrons. The molecular weight excluding hydrogens is 312 g/mol. The number of carbonyl (C=O) groups is 1. The van der Waals surface area contributed by atoms with Gasteiger partial charge in [-0.2, -0.15) is 0 Å². The molecule has 25 heavy (non-hydrogen) atoms. The molecule has 0 fully saturated rings. The summed E-state index contributed by atoms with van der Waals surface area (Å²) in [6, 6.07) is 11.6. The van der Waals surface area contributed by atoms with Crippen molar-refractivity contribution in [3.63, 3.8) is 0 Å². The van der Waals surface area contributed by atoms with Crippen LogP contribution in [-0.2, 0) is 4.79 Å². The summed E-state index contributed by atoms with van der Waals surface area (Å²) >= 11 is 0. The number of anilines is 2. The van der Waals surface area contributed by atoms with Gasteiger partial charge in [-0.1, -0.05) is 18.7 Å². The molecule has 0 bridgehead atoms. The SMILES string of the molecule is C=CC(=O)Nc1cccc(-c2cc(C)cc(NC(C)/C=C(/C)N)n2)c1. The Morgan fingerprint density at radius 2 is 2.08 bits per heavy atom. The number of pyridine rings is 1. The molecule has 130 valence electrons. The summed E-state index contributed by atoms with van der Waals surface area (Å²) in [7, 11) is 0. The lowest BCUT2D eigenvalue weighted by Gasteiger charge is -2.14. The summed E-state index contributed by atoms with van der Waals surface area (Å²) in [5, 5.41) is 6.09. The van der Waals surface area contributed by atoms with Crippen LogP contribution in [-0.4, -0.2) is 16.9 Å². The molecule has 0 saturated carbocycles. The Hall–Kier alpha value is -3.08. The van der Waals surface area contributed by atoms with Crippen molar-refractivity contribution in [2.75, 3.05) is 10.6 Å². The fraction of sp³-hybridized carbons (Fsp3) is 0.200. The number of nitrogens with zero attached hydrogens (tertiary/aromatic N) is 1. The van der Waals surface area contributed by atoms with Crippen molar-refractivity contribution in [1.29, 1.82) is 0 Å². The second-order valence-corrected chi connectivity index (χ2v) is 6.03. The monoisotopic (exact) mass is 336 g/mol. The fourth-order valence-corrected chi connectivity index (χ4v) is 2.51. The number of hydrogen-bond donors (Lipinski definition) is 3. The molecule has 0 aliphatic carbocycles. The first kappa shape index (κ1) is 18.3. The number of hydrogen-bond acceptors (Lipinski definition) is 4. The first-order valence-corrected chi connectivity index (χ1v) is 8.10. The second kappa shape index (κ2) is 8.15. The number of aryl methyl sites for hydroxylation is 1. The van der Waals surface area contributed by atoms with E-state index in [4.69, 9.17) is 5.73 Å². The number of carbonyl (C=O) groups excluding carboxylic acids is 1. The van der Waals surface area contributed by atoms with E-state index in [2.05, 4.69) is 22.2 Å². The van der Waals surface area contributed by atoms with Gasteiger partial charge in [0.2, 0.25) is 5.91 Å². The Morgan fingerprint density at radius 3 is 2.76 bits per heavy atom. The van der Waals surface area contributed by atoms with Crippen molar-refractivity contribution in [3.8, 4) is 11.3 Å². The predicted octanol–water partition coefficient (Wildman–Crippen LogP) is 3.84. The Balaban J connectivity index is 2.30. The van der Waals surface area contributed by atoms with E-state index in [1.165, 1.54) is 6.08 Å². The van der Waals surface area contributed by atoms with Gasteiger partial charge in [-0.25, -0.2) is 4.98 Å². The highest BCUT2D eigenvalue weighted by atomic mass is 16.1. The van der Waals surface area contributed by atoms with E-state index in [9.17, 15) is 4.79 Å². The average molecular weight is 336 g/mol. The van der Waals surface area contributed by atoms with Gasteiger partial charge in [-0.05, 0) is 62.8 Å². The highest BCUT2D eigenvalue weighted by Crippen LogP contribution is 2.24. The second-order valence-electron chi connectivity index (χ2n) is 6.03. The van der Waals surface area contributed by atoms with Gasteiger partial charge in [0.15, 0.2) is 0 Å². The topological polar surface area (TPSA) is 80.0 Å². The molecule has 0 saturated heterocycles. The van der Waals surface area contributed by atoms with Crippen molar-refractivity contribution in [1.82, 2.24) is 4.98 Å². The average Bonchev–Trinajstić information content (AvgIpc) is 2.53. The van der Waals surface area contributed by atoms with Crippen LogP contribution >= 0.6 is 0 Å². The Bertz CT molecular complexity index is 807. The number of nitrogens with two attached hydrogens (primary N) is 1. The summed E-state index contributed by atoms with van der Waals surface area (Å²) in [5.74, 6) is 0.537. The summed E-state index contributed by atoms with van der Waals surface area (Å²) in [5.41, 5.74) is 10.0. The molecule has 1 aromatic heterocycles. The molecule has 1 amide bonds. The zero-order valence-corrected chi connectivity index (χ0v) is 14.8. The quantitative estimate of drug-likeness (QED) is 0.700. The minimum Gasteiger partial charge on any atom is -0.402 e. The highest BCUT2D eigenvalue weighted by Gasteiger charge is 2.07. The van der Waals surface area contributed by atoms with Gasteiger partial charge >= 0.3 is 0 Å². The van der Waals surface area contributed by atoms with Crippen LogP contribution in [0, 0.1) is 6.92 Å². The molecule has 1 aromatic carbocycles. The third-order valence-electron chi connectivity index (χ3n) is 3.47. The maximum Gasteiger partial charge on any atom is 0.247 e. The van der Waals surface area contributed by atoms with E-state index in [1.807, 2.05) is 63.2 Å². The lowest BCUT2D eigenvalue weighted by atomic mass is 10.1. The van der Waals surface area contributed by atoms with Crippen LogP contribution in [0.5, 0.6) is 0 Å². The molecule has 5 heteroatoms. The number of benzene rings is 1. The van der Waals surface area contributed by atoms with Crippen molar-refractivity contribution in [2.24, 2.45) is 5.73 Å². The van der Waals surface area contributed by atoms with Crippen LogP contribution in [0.3, 0.4) is 0 Å². The van der Waals surface area contributed by atoms with Crippen LogP contribution < -0.4 is 16.4 Å². The molecular formula is C20H24N4O. The summed E-state index contributed by atoms with van der Waals surface area (Å²) < 4.78 is 0. The van der Waals surface area contributed by atoms with Crippen molar-refractivity contribution < 1.29 is 4.79 Å². The van der Waals surface area contributed by atoms with Crippen molar-refractivity contribution in [2.45, 2.75) is 26.8 Å². The number of aromatic nitrogens is 1. The van der Waals surface area contributed by atoms with E-state index < -0.39 is 0 Å². The maximum atomic E-state index is 11.5. The third-order valence-corrected chi connectivity index (χ3v) is 3.47. The van der Waals surface area contributed by atoms with E-state index in [0.29, 0.717) is 5.69 Å².